The van der Waals surface area contributed by atoms with Gasteiger partial charge in [0, 0.05) is 22.8 Å². The number of rotatable bonds is 12. The Morgan fingerprint density at radius 1 is 0.864 bits per heavy atom. The molecule has 44 heavy (non-hydrogen) atoms. The molecule has 0 saturated heterocycles. The molecule has 0 fully saturated rings. The number of hydrogen-bond acceptors (Lipinski definition) is 7. The van der Waals surface area contributed by atoms with Gasteiger partial charge in [0.2, 0.25) is 0 Å². The third-order valence-corrected chi connectivity index (χ3v) is 6.62. The smallest absolute Gasteiger partial charge is 0.307 e. The molecule has 3 aromatic carbocycles. The van der Waals surface area contributed by atoms with Gasteiger partial charge in [-0.2, -0.15) is 5.10 Å². The van der Waals surface area contributed by atoms with E-state index in [4.69, 9.17) is 18.6 Å². The van der Waals surface area contributed by atoms with E-state index in [1.165, 1.54) is 13.3 Å². The summed E-state index contributed by atoms with van der Waals surface area (Å²) in [5.41, 5.74) is 7.15. The van der Waals surface area contributed by atoms with Crippen molar-refractivity contribution >= 4 is 23.7 Å². The van der Waals surface area contributed by atoms with Crippen LogP contribution in [0.3, 0.4) is 0 Å². The minimum absolute atomic E-state index is 0.102. The molecule has 0 aliphatic carbocycles. The third-order valence-electron chi connectivity index (χ3n) is 6.62. The second kappa shape index (κ2) is 13.9. The van der Waals surface area contributed by atoms with Gasteiger partial charge in [-0.3, -0.25) is 9.59 Å². The number of anilines is 1. The number of nitrogens with one attached hydrogen (secondary N) is 2. The molecule has 0 bridgehead atoms. The van der Waals surface area contributed by atoms with E-state index in [1.54, 1.807) is 42.5 Å². The fourth-order valence-corrected chi connectivity index (χ4v) is 4.47. The number of ether oxygens (including phenoxy) is 3. The van der Waals surface area contributed by atoms with Crippen LogP contribution in [-0.4, -0.2) is 36.3 Å². The van der Waals surface area contributed by atoms with Gasteiger partial charge < -0.3 is 28.5 Å². The van der Waals surface area contributed by atoms with E-state index in [1.807, 2.05) is 42.5 Å². The molecular formula is C34H32N4O6. The number of hydrazone groups is 1. The van der Waals surface area contributed by atoms with Crippen molar-refractivity contribution in [1.82, 2.24) is 9.99 Å². The molecule has 2 N–H and O–H groups in total. The number of furan rings is 1. The molecule has 10 heteroatoms. The number of carbonyl (C=O) groups is 2. The summed E-state index contributed by atoms with van der Waals surface area (Å²) in [7, 11) is 1.49. The Balaban J connectivity index is 1.10. The van der Waals surface area contributed by atoms with Gasteiger partial charge >= 0.3 is 5.91 Å². The zero-order chi connectivity index (χ0) is 30.9. The monoisotopic (exact) mass is 592 g/mol. The van der Waals surface area contributed by atoms with Crippen molar-refractivity contribution in [2.45, 2.75) is 20.5 Å². The highest BCUT2D eigenvalue weighted by Gasteiger charge is 2.12. The van der Waals surface area contributed by atoms with Crippen molar-refractivity contribution in [3.63, 3.8) is 0 Å². The Labute approximate surface area is 254 Å². The molecule has 2 amide bonds. The Morgan fingerprint density at radius 2 is 1.61 bits per heavy atom. The quantitative estimate of drug-likeness (QED) is 0.134. The summed E-state index contributed by atoms with van der Waals surface area (Å²) in [4.78, 5) is 24.7. The average molecular weight is 593 g/mol. The molecule has 0 saturated carbocycles. The van der Waals surface area contributed by atoms with Crippen LogP contribution in [0.15, 0.2) is 107 Å². The first kappa shape index (κ1) is 29.7. The molecule has 5 aromatic rings. The normalized spacial score (nSPS) is 10.9. The lowest BCUT2D eigenvalue weighted by atomic mass is 10.2. The van der Waals surface area contributed by atoms with E-state index in [9.17, 15) is 9.59 Å². The summed E-state index contributed by atoms with van der Waals surface area (Å²) < 4.78 is 24.7. The lowest BCUT2D eigenvalue weighted by molar-refractivity contribution is -0.118. The van der Waals surface area contributed by atoms with Gasteiger partial charge in [0.1, 0.15) is 18.1 Å². The second-order valence-electron chi connectivity index (χ2n) is 9.81. The first-order valence-electron chi connectivity index (χ1n) is 13.9. The third kappa shape index (κ3) is 7.54. The number of carbonyl (C=O) groups excluding carboxylic acids is 2. The van der Waals surface area contributed by atoms with Gasteiger partial charge in [-0.25, -0.2) is 5.43 Å². The molecule has 0 unspecified atom stereocenters. The van der Waals surface area contributed by atoms with Crippen LogP contribution >= 0.6 is 0 Å². The zero-order valence-electron chi connectivity index (χ0n) is 24.6. The molecule has 0 spiro atoms. The van der Waals surface area contributed by atoms with Crippen molar-refractivity contribution in [1.29, 1.82) is 0 Å². The van der Waals surface area contributed by atoms with Crippen LogP contribution in [0, 0.1) is 13.8 Å². The Kier molecular flexibility index (Phi) is 9.41. The number of para-hydroxylation sites is 1. The molecule has 224 valence electrons. The van der Waals surface area contributed by atoms with E-state index < -0.39 is 5.91 Å². The molecule has 0 aliphatic heterocycles. The summed E-state index contributed by atoms with van der Waals surface area (Å²) in [5, 5.41) is 6.77. The number of benzene rings is 3. The number of aryl methyl sites for hydroxylation is 2. The summed E-state index contributed by atoms with van der Waals surface area (Å²) in [5.74, 6) is 1.28. The van der Waals surface area contributed by atoms with Crippen molar-refractivity contribution in [2.75, 3.05) is 19.0 Å². The predicted octanol–water partition coefficient (Wildman–Crippen LogP) is 6.06. The van der Waals surface area contributed by atoms with E-state index in [0.29, 0.717) is 34.3 Å². The van der Waals surface area contributed by atoms with Crippen molar-refractivity contribution in [3.05, 3.63) is 126 Å². The SMILES string of the molecule is COc1cc(C=NNC(=O)c2ccc(COc3ccc(-n4c(C)ccc4C)cc3)o2)ccc1OCC(=O)Nc1ccccc1. The molecule has 2 heterocycles. The second-order valence-corrected chi connectivity index (χ2v) is 9.81. The maximum absolute atomic E-state index is 12.5. The number of methoxy groups -OCH3 is 1. The van der Waals surface area contributed by atoms with Gasteiger partial charge in [-0.15, -0.1) is 0 Å². The first-order valence-corrected chi connectivity index (χ1v) is 13.9. The summed E-state index contributed by atoms with van der Waals surface area (Å²) >= 11 is 0. The number of amides is 2. The maximum atomic E-state index is 12.5. The van der Waals surface area contributed by atoms with Gasteiger partial charge in [-0.05, 0) is 98.3 Å². The first-order chi connectivity index (χ1) is 21.4. The van der Waals surface area contributed by atoms with Crippen LogP contribution in [-0.2, 0) is 11.4 Å². The van der Waals surface area contributed by atoms with Crippen molar-refractivity contribution in [2.24, 2.45) is 5.10 Å². The van der Waals surface area contributed by atoms with Crippen LogP contribution in [0.4, 0.5) is 5.69 Å². The topological polar surface area (TPSA) is 116 Å². The molecular weight excluding hydrogens is 560 g/mol. The minimum atomic E-state index is -0.509. The van der Waals surface area contributed by atoms with Crippen LogP contribution in [0.1, 0.15) is 33.3 Å². The minimum Gasteiger partial charge on any atom is -0.493 e. The molecule has 5 rings (SSSR count). The summed E-state index contributed by atoms with van der Waals surface area (Å²) in [6.07, 6.45) is 1.46. The number of hydrogen-bond donors (Lipinski definition) is 2. The lowest BCUT2D eigenvalue weighted by Crippen LogP contribution is -2.20. The molecule has 0 aliphatic rings. The fourth-order valence-electron chi connectivity index (χ4n) is 4.47. The van der Waals surface area contributed by atoms with Gasteiger partial charge in [0.25, 0.3) is 5.91 Å². The Morgan fingerprint density at radius 3 is 2.34 bits per heavy atom. The number of aromatic nitrogens is 1. The van der Waals surface area contributed by atoms with Gasteiger partial charge in [-0.1, -0.05) is 18.2 Å². The van der Waals surface area contributed by atoms with Crippen LogP contribution < -0.4 is 25.0 Å². The van der Waals surface area contributed by atoms with E-state index in [0.717, 1.165) is 17.1 Å². The fraction of sp³-hybridized carbons (Fsp3) is 0.147. The van der Waals surface area contributed by atoms with Gasteiger partial charge in [0.05, 0.1) is 13.3 Å². The van der Waals surface area contributed by atoms with E-state index in [2.05, 4.69) is 46.4 Å². The highest BCUT2D eigenvalue weighted by Crippen LogP contribution is 2.27. The largest absolute Gasteiger partial charge is 0.493 e. The maximum Gasteiger partial charge on any atom is 0.307 e. The number of nitrogens with zero attached hydrogens (tertiary/aromatic N) is 2. The van der Waals surface area contributed by atoms with E-state index in [-0.39, 0.29) is 24.9 Å². The molecule has 10 nitrogen and oxygen atoms in total. The molecule has 0 radical (unpaired) electrons. The highest BCUT2D eigenvalue weighted by atomic mass is 16.5. The van der Waals surface area contributed by atoms with Crippen molar-refractivity contribution < 1.29 is 28.2 Å². The Bertz CT molecular complexity index is 1740. The highest BCUT2D eigenvalue weighted by molar-refractivity contribution is 5.93. The molecule has 0 atom stereocenters. The predicted molar refractivity (Wildman–Crippen MR) is 167 cm³/mol. The Hall–Kier alpha value is -5.77. The van der Waals surface area contributed by atoms with Gasteiger partial charge in [0.15, 0.2) is 23.9 Å². The van der Waals surface area contributed by atoms with Crippen LogP contribution in [0.5, 0.6) is 17.2 Å². The lowest BCUT2D eigenvalue weighted by Gasteiger charge is -2.11. The van der Waals surface area contributed by atoms with Crippen LogP contribution in [0.2, 0.25) is 0 Å². The summed E-state index contributed by atoms with van der Waals surface area (Å²) in [6, 6.07) is 29.4. The molecule has 2 aromatic heterocycles. The summed E-state index contributed by atoms with van der Waals surface area (Å²) in [6.45, 7) is 4.11. The zero-order valence-corrected chi connectivity index (χ0v) is 24.6. The standard InChI is InChI=1S/C34H32N4O6/c1-23-9-10-24(2)38(23)27-12-14-28(15-13-27)42-21-29-16-18-31(44-29)34(40)37-35-20-25-11-17-30(32(19-25)41-3)43-22-33(39)36-26-7-5-4-6-8-26/h4-20H,21-22H2,1-3H3,(H,36,39)(H,37,40). The van der Waals surface area contributed by atoms with Crippen molar-refractivity contribution in [3.8, 4) is 22.9 Å². The average Bonchev–Trinajstić information content (AvgIpc) is 3.66. The van der Waals surface area contributed by atoms with E-state index >= 15 is 0 Å². The van der Waals surface area contributed by atoms with Crippen LogP contribution in [0.25, 0.3) is 5.69 Å².